The van der Waals surface area contributed by atoms with E-state index >= 15 is 13.6 Å². The first-order valence-electron chi connectivity index (χ1n) is 20.3. The van der Waals surface area contributed by atoms with Gasteiger partial charge in [-0.15, -0.1) is 0 Å². The Labute approximate surface area is 372 Å². The lowest BCUT2D eigenvalue weighted by atomic mass is 9.86. The fourth-order valence-corrected chi connectivity index (χ4v) is 9.66. The number of nitrogens with one attached hydrogen (secondary N) is 2. The van der Waals surface area contributed by atoms with Crippen LogP contribution in [0.3, 0.4) is 0 Å². The molecule has 20 heteroatoms. The Hall–Kier alpha value is -6.21. The Kier molecular flexibility index (Phi) is 10.5. The summed E-state index contributed by atoms with van der Waals surface area (Å²) in [5, 5.41) is 11.0. The van der Waals surface area contributed by atoms with E-state index in [1.165, 1.54) is 23.9 Å². The van der Waals surface area contributed by atoms with Crippen molar-refractivity contribution < 1.29 is 39.6 Å². The molecule has 1 saturated carbocycles. The predicted molar refractivity (Wildman–Crippen MR) is 232 cm³/mol. The lowest BCUT2D eigenvalue weighted by Crippen LogP contribution is -2.38. The summed E-state index contributed by atoms with van der Waals surface area (Å²) in [6.07, 6.45) is -2.74. The molecule has 12 nitrogen and oxygen atoms in total. The molecule has 65 heavy (non-hydrogen) atoms. The molecule has 9 rings (SSSR count). The number of fused-ring (bicyclic) bond motifs is 5. The van der Waals surface area contributed by atoms with E-state index < -0.39 is 87.7 Å². The van der Waals surface area contributed by atoms with Gasteiger partial charge in [-0.1, -0.05) is 62.7 Å². The van der Waals surface area contributed by atoms with Crippen molar-refractivity contribution in [2.24, 2.45) is 13.0 Å². The van der Waals surface area contributed by atoms with Crippen LogP contribution in [0, 0.1) is 17.6 Å². The molecular weight excluding hydrogens is 898 g/mol. The number of sulfonamides is 1. The maximum Gasteiger partial charge on any atom is 0.293 e. The summed E-state index contributed by atoms with van der Waals surface area (Å²) in [5.74, 6) is -8.95. The standard InChI is InChI=1S/C45H39ClF6N8O4S/c1-44(2,3)24-9-6-22(7-10-24)23-8-11-27-31(17-23)54-42(60(43(27)62)33-13-12-30(46)36-38(33)58(4)56-41(36)57-65(5,63)64)32(16-21-14-25(47)18-26(48)15-21)53-34(61)20-59-39-35(37(55-59)40(49)50)28-19-29(28)45(39,51)52/h6-15,17-18,28-29,32,40H,16,19-20H2,1-5H3,(H,53,61)(H,56,57)/t28?,29-,32+/m1/s1. The Balaban J connectivity index is 1.25. The molecule has 4 aromatic carbocycles. The highest BCUT2D eigenvalue weighted by Gasteiger charge is 2.67. The summed E-state index contributed by atoms with van der Waals surface area (Å²) in [7, 11) is -2.44. The number of nitrogens with zero attached hydrogens (tertiary/aromatic N) is 6. The van der Waals surface area contributed by atoms with E-state index in [9.17, 15) is 30.8 Å². The lowest BCUT2D eigenvalue weighted by Gasteiger charge is -2.24. The maximum absolute atomic E-state index is 15.6. The molecule has 0 bridgehead atoms. The van der Waals surface area contributed by atoms with Crippen molar-refractivity contribution in [1.82, 2.24) is 34.4 Å². The largest absolute Gasteiger partial charge is 0.344 e. The van der Waals surface area contributed by atoms with Crippen LogP contribution in [-0.4, -0.2) is 49.7 Å². The molecule has 3 aromatic heterocycles. The smallest absolute Gasteiger partial charge is 0.293 e. The number of aryl methyl sites for hydroxylation is 1. The number of alkyl halides is 4. The Morgan fingerprint density at radius 3 is 2.29 bits per heavy atom. The minimum absolute atomic E-state index is 0.000572. The fourth-order valence-electron chi connectivity index (χ4n) is 8.92. The normalized spacial score (nSPS) is 17.1. The summed E-state index contributed by atoms with van der Waals surface area (Å²) in [6.45, 7) is 5.25. The second-order valence-electron chi connectivity index (χ2n) is 17.6. The molecule has 3 atom stereocenters. The van der Waals surface area contributed by atoms with Crippen molar-refractivity contribution in [1.29, 1.82) is 0 Å². The zero-order valence-corrected chi connectivity index (χ0v) is 36.8. The number of amides is 1. The summed E-state index contributed by atoms with van der Waals surface area (Å²) in [6, 6.07) is 16.7. The Bertz CT molecular complexity index is 3270. The number of rotatable bonds is 11. The summed E-state index contributed by atoms with van der Waals surface area (Å²) >= 11 is 6.66. The second-order valence-corrected chi connectivity index (χ2v) is 19.7. The van der Waals surface area contributed by atoms with E-state index in [4.69, 9.17) is 16.6 Å². The van der Waals surface area contributed by atoms with Crippen LogP contribution in [0.15, 0.2) is 77.6 Å². The van der Waals surface area contributed by atoms with Gasteiger partial charge in [0.25, 0.3) is 17.9 Å². The van der Waals surface area contributed by atoms with Crippen LogP contribution in [0.2, 0.25) is 5.02 Å². The Morgan fingerprint density at radius 2 is 1.65 bits per heavy atom. The van der Waals surface area contributed by atoms with Gasteiger partial charge >= 0.3 is 0 Å². The third kappa shape index (κ3) is 7.91. The van der Waals surface area contributed by atoms with Crippen molar-refractivity contribution >= 4 is 55.2 Å². The van der Waals surface area contributed by atoms with E-state index in [1.807, 2.05) is 24.3 Å². The van der Waals surface area contributed by atoms with E-state index in [0.717, 1.165) is 34.1 Å². The third-order valence-electron chi connectivity index (χ3n) is 11.9. The predicted octanol–water partition coefficient (Wildman–Crippen LogP) is 8.98. The molecule has 1 unspecified atom stereocenters. The van der Waals surface area contributed by atoms with Gasteiger partial charge in [-0.25, -0.2) is 31.0 Å². The molecule has 0 aliphatic heterocycles. The van der Waals surface area contributed by atoms with Gasteiger partial charge in [-0.3, -0.25) is 28.2 Å². The number of hydrogen-bond donors (Lipinski definition) is 2. The molecular formula is C45H39ClF6N8O4S. The van der Waals surface area contributed by atoms with Gasteiger partial charge < -0.3 is 5.32 Å². The third-order valence-corrected chi connectivity index (χ3v) is 12.8. The van der Waals surface area contributed by atoms with Crippen molar-refractivity contribution in [2.75, 3.05) is 11.0 Å². The molecule has 338 valence electrons. The monoisotopic (exact) mass is 936 g/mol. The second kappa shape index (κ2) is 15.5. The number of hydrogen-bond acceptors (Lipinski definition) is 7. The zero-order valence-electron chi connectivity index (χ0n) is 35.2. The van der Waals surface area contributed by atoms with Crippen molar-refractivity contribution in [3.8, 4) is 16.8 Å². The minimum atomic E-state index is -3.91. The number of carbonyl (C=O) groups is 1. The number of aromatic nitrogens is 6. The number of benzene rings is 4. The molecule has 1 amide bonds. The van der Waals surface area contributed by atoms with Crippen LogP contribution < -0.4 is 15.6 Å². The first kappa shape index (κ1) is 44.0. The summed E-state index contributed by atoms with van der Waals surface area (Å²) < 4.78 is 119. The van der Waals surface area contributed by atoms with Crippen LogP contribution in [-0.2, 0) is 46.2 Å². The molecule has 0 radical (unpaired) electrons. The summed E-state index contributed by atoms with van der Waals surface area (Å²) in [5.41, 5.74) is 0.0109. The van der Waals surface area contributed by atoms with Gasteiger partial charge in [0, 0.05) is 31.0 Å². The molecule has 3 heterocycles. The van der Waals surface area contributed by atoms with Gasteiger partial charge in [0.15, 0.2) is 5.82 Å². The highest BCUT2D eigenvalue weighted by molar-refractivity contribution is 7.92. The fraction of sp³-hybridized carbons (Fsp3) is 0.311. The first-order valence-corrected chi connectivity index (χ1v) is 22.6. The molecule has 7 aromatic rings. The SMILES string of the molecule is Cn1nc(NS(C)(=O)=O)c2c(Cl)ccc(-n3c([C@H](Cc4cc(F)cc(F)c4)NC(=O)Cn4nc(C(F)F)c5c4C(F)(F)[C@@H]4CC54)nc4cc(-c5ccc(C(C)(C)C)cc5)ccc4c3=O)c21. The van der Waals surface area contributed by atoms with E-state index in [-0.39, 0.29) is 67.1 Å². The van der Waals surface area contributed by atoms with Gasteiger partial charge in [-0.2, -0.15) is 19.0 Å². The molecule has 2 aliphatic rings. The van der Waals surface area contributed by atoms with Crippen molar-refractivity contribution in [2.45, 2.75) is 69.9 Å². The van der Waals surface area contributed by atoms with E-state index in [1.54, 1.807) is 18.2 Å². The average molecular weight is 937 g/mol. The lowest BCUT2D eigenvalue weighted by molar-refractivity contribution is -0.123. The topological polar surface area (TPSA) is 146 Å². The average Bonchev–Trinajstić information content (AvgIpc) is 3.75. The van der Waals surface area contributed by atoms with E-state index in [0.29, 0.717) is 16.3 Å². The van der Waals surface area contributed by atoms with Crippen molar-refractivity contribution in [3.63, 3.8) is 0 Å². The maximum atomic E-state index is 15.6. The summed E-state index contributed by atoms with van der Waals surface area (Å²) in [4.78, 5) is 34.3. The minimum Gasteiger partial charge on any atom is -0.344 e. The molecule has 0 saturated heterocycles. The number of halogens is 7. The highest BCUT2D eigenvalue weighted by atomic mass is 35.5. The van der Waals surface area contributed by atoms with Crippen molar-refractivity contribution in [3.05, 3.63) is 134 Å². The number of carbonyl (C=O) groups excluding carboxylic acids is 1. The van der Waals surface area contributed by atoms with Gasteiger partial charge in [0.2, 0.25) is 15.9 Å². The highest BCUT2D eigenvalue weighted by Crippen LogP contribution is 2.68. The Morgan fingerprint density at radius 1 is 0.969 bits per heavy atom. The van der Waals surface area contributed by atoms with Gasteiger partial charge in [0.1, 0.15) is 35.4 Å². The van der Waals surface area contributed by atoms with Crippen LogP contribution >= 0.6 is 11.6 Å². The van der Waals surface area contributed by atoms with E-state index in [2.05, 4.69) is 41.0 Å². The molecule has 1 fully saturated rings. The van der Waals surface area contributed by atoms with Crippen LogP contribution in [0.25, 0.3) is 38.6 Å². The van der Waals surface area contributed by atoms with Crippen LogP contribution in [0.4, 0.5) is 32.2 Å². The molecule has 2 N–H and O–H groups in total. The zero-order chi connectivity index (χ0) is 46.7. The number of anilines is 1. The first-order chi connectivity index (χ1) is 30.5. The van der Waals surface area contributed by atoms with Crippen LogP contribution in [0.1, 0.15) is 79.5 Å². The quantitative estimate of drug-likeness (QED) is 0.123. The van der Waals surface area contributed by atoms with Gasteiger partial charge in [0.05, 0.1) is 44.8 Å². The van der Waals surface area contributed by atoms with Gasteiger partial charge in [-0.05, 0) is 76.4 Å². The molecule has 0 spiro atoms. The molecule has 2 aliphatic carbocycles. The van der Waals surface area contributed by atoms with Crippen LogP contribution in [0.5, 0.6) is 0 Å².